The lowest BCUT2D eigenvalue weighted by atomic mass is 9.67. The van der Waals surface area contributed by atoms with Crippen LogP contribution in [0.3, 0.4) is 0 Å². The molecule has 2 saturated carbocycles. The standard InChI is InChI=1S/C19H38N2/c1-6-19(3,4)16-11-12-17(20-5)18(13-16)21(7-2)14-15-9-8-10-15/h15-18,20H,6-14H2,1-5H3. The van der Waals surface area contributed by atoms with E-state index in [4.69, 9.17) is 0 Å². The van der Waals surface area contributed by atoms with E-state index in [1.807, 2.05) is 0 Å². The van der Waals surface area contributed by atoms with E-state index in [1.165, 1.54) is 58.0 Å². The van der Waals surface area contributed by atoms with E-state index in [0.717, 1.165) is 17.9 Å². The van der Waals surface area contributed by atoms with E-state index in [-0.39, 0.29) is 0 Å². The fourth-order valence-electron chi connectivity index (χ4n) is 4.39. The second-order valence-electron chi connectivity index (χ2n) is 8.20. The van der Waals surface area contributed by atoms with Crippen LogP contribution in [0.4, 0.5) is 0 Å². The van der Waals surface area contributed by atoms with Gasteiger partial charge in [0.2, 0.25) is 0 Å². The van der Waals surface area contributed by atoms with Gasteiger partial charge in [-0.1, -0.05) is 40.5 Å². The highest BCUT2D eigenvalue weighted by Crippen LogP contribution is 2.42. The van der Waals surface area contributed by atoms with E-state index in [1.54, 1.807) is 0 Å². The summed E-state index contributed by atoms with van der Waals surface area (Å²) in [5, 5.41) is 3.63. The summed E-state index contributed by atoms with van der Waals surface area (Å²) >= 11 is 0. The van der Waals surface area contributed by atoms with E-state index >= 15 is 0 Å². The third-order valence-electron chi connectivity index (χ3n) is 6.80. The molecule has 1 N–H and O–H groups in total. The van der Waals surface area contributed by atoms with Crippen molar-refractivity contribution in [2.45, 2.75) is 84.7 Å². The Labute approximate surface area is 133 Å². The molecule has 0 aromatic rings. The van der Waals surface area contributed by atoms with Crippen molar-refractivity contribution in [3.05, 3.63) is 0 Å². The number of rotatable bonds is 7. The first-order chi connectivity index (χ1) is 10.0. The van der Waals surface area contributed by atoms with Crippen LogP contribution in [-0.4, -0.2) is 37.1 Å². The Morgan fingerprint density at radius 3 is 2.29 bits per heavy atom. The van der Waals surface area contributed by atoms with Gasteiger partial charge in [0.05, 0.1) is 0 Å². The monoisotopic (exact) mass is 294 g/mol. The predicted molar refractivity (Wildman–Crippen MR) is 92.6 cm³/mol. The molecule has 2 nitrogen and oxygen atoms in total. The molecular formula is C19H38N2. The van der Waals surface area contributed by atoms with E-state index in [0.29, 0.717) is 11.5 Å². The third-order valence-corrected chi connectivity index (χ3v) is 6.80. The maximum Gasteiger partial charge on any atom is 0.0252 e. The Morgan fingerprint density at radius 1 is 1.10 bits per heavy atom. The van der Waals surface area contributed by atoms with Crippen LogP contribution in [0.1, 0.15) is 72.6 Å². The zero-order valence-corrected chi connectivity index (χ0v) is 15.1. The van der Waals surface area contributed by atoms with Gasteiger partial charge in [-0.15, -0.1) is 0 Å². The van der Waals surface area contributed by atoms with E-state index in [2.05, 4.69) is 45.0 Å². The minimum Gasteiger partial charge on any atom is -0.315 e. The summed E-state index contributed by atoms with van der Waals surface area (Å²) in [5.74, 6) is 1.88. The predicted octanol–water partition coefficient (Wildman–Crippen LogP) is 4.30. The largest absolute Gasteiger partial charge is 0.315 e. The first-order valence-electron chi connectivity index (χ1n) is 9.43. The maximum absolute atomic E-state index is 3.63. The van der Waals surface area contributed by atoms with Gasteiger partial charge in [-0.05, 0) is 62.9 Å². The summed E-state index contributed by atoms with van der Waals surface area (Å²) in [6, 6.07) is 1.46. The van der Waals surface area contributed by atoms with Crippen LogP contribution >= 0.6 is 0 Å². The molecule has 0 heterocycles. The number of nitrogens with one attached hydrogen (secondary N) is 1. The van der Waals surface area contributed by atoms with Crippen molar-refractivity contribution in [1.82, 2.24) is 10.2 Å². The van der Waals surface area contributed by atoms with Crippen LogP contribution < -0.4 is 5.32 Å². The molecule has 2 aliphatic rings. The van der Waals surface area contributed by atoms with Gasteiger partial charge < -0.3 is 5.32 Å². The first-order valence-corrected chi connectivity index (χ1v) is 9.43. The molecule has 0 amide bonds. The quantitative estimate of drug-likeness (QED) is 0.753. The first kappa shape index (κ1) is 17.3. The molecule has 0 aromatic carbocycles. The Hall–Kier alpha value is -0.0800. The van der Waals surface area contributed by atoms with Gasteiger partial charge in [-0.3, -0.25) is 4.90 Å². The highest BCUT2D eigenvalue weighted by atomic mass is 15.2. The highest BCUT2D eigenvalue weighted by Gasteiger charge is 2.39. The van der Waals surface area contributed by atoms with Crippen molar-refractivity contribution >= 4 is 0 Å². The van der Waals surface area contributed by atoms with Gasteiger partial charge >= 0.3 is 0 Å². The topological polar surface area (TPSA) is 15.3 Å². The molecule has 2 heteroatoms. The lowest BCUT2D eigenvalue weighted by Gasteiger charge is -2.48. The van der Waals surface area contributed by atoms with Crippen molar-refractivity contribution in [2.24, 2.45) is 17.3 Å². The molecule has 0 spiro atoms. The van der Waals surface area contributed by atoms with Crippen LogP contribution in [0.5, 0.6) is 0 Å². The normalized spacial score (nSPS) is 31.4. The number of hydrogen-bond donors (Lipinski definition) is 1. The molecule has 2 fully saturated rings. The number of hydrogen-bond acceptors (Lipinski definition) is 2. The molecule has 124 valence electrons. The van der Waals surface area contributed by atoms with E-state index in [9.17, 15) is 0 Å². The molecule has 2 rings (SSSR count). The van der Waals surface area contributed by atoms with Crippen molar-refractivity contribution in [1.29, 1.82) is 0 Å². The molecule has 0 aliphatic heterocycles. The van der Waals surface area contributed by atoms with Crippen LogP contribution in [0.2, 0.25) is 0 Å². The molecule has 0 bridgehead atoms. The van der Waals surface area contributed by atoms with E-state index < -0.39 is 0 Å². The third kappa shape index (κ3) is 4.01. The van der Waals surface area contributed by atoms with Gasteiger partial charge in [0.25, 0.3) is 0 Å². The summed E-state index contributed by atoms with van der Waals surface area (Å²) in [6.45, 7) is 12.3. The second kappa shape index (κ2) is 7.46. The average molecular weight is 295 g/mol. The SMILES string of the molecule is CCN(CC1CCC1)C1CC(C(C)(C)CC)CCC1NC. The van der Waals surface area contributed by atoms with Crippen molar-refractivity contribution in [2.75, 3.05) is 20.1 Å². The average Bonchev–Trinajstić information content (AvgIpc) is 2.46. The molecule has 21 heavy (non-hydrogen) atoms. The van der Waals surface area contributed by atoms with Crippen LogP contribution in [0.25, 0.3) is 0 Å². The smallest absolute Gasteiger partial charge is 0.0252 e. The highest BCUT2D eigenvalue weighted by molar-refractivity contribution is 4.95. The summed E-state index contributed by atoms with van der Waals surface area (Å²) < 4.78 is 0. The summed E-state index contributed by atoms with van der Waals surface area (Å²) in [4.78, 5) is 2.81. The Balaban J connectivity index is 2.03. The van der Waals surface area contributed by atoms with Crippen LogP contribution in [-0.2, 0) is 0 Å². The van der Waals surface area contributed by atoms with Gasteiger partial charge in [0, 0.05) is 18.6 Å². The molecular weight excluding hydrogens is 256 g/mol. The van der Waals surface area contributed by atoms with Crippen molar-refractivity contribution in [3.63, 3.8) is 0 Å². The zero-order chi connectivity index (χ0) is 15.5. The van der Waals surface area contributed by atoms with Crippen LogP contribution in [0, 0.1) is 17.3 Å². The fourth-order valence-corrected chi connectivity index (χ4v) is 4.39. The minimum absolute atomic E-state index is 0.507. The molecule has 0 aromatic heterocycles. The Bertz CT molecular complexity index is 309. The lowest BCUT2D eigenvalue weighted by molar-refractivity contribution is 0.0385. The molecule has 0 saturated heterocycles. The lowest BCUT2D eigenvalue weighted by Crippen LogP contribution is -2.55. The number of likely N-dealkylation sites (N-methyl/N-ethyl adjacent to an activating group) is 2. The molecule has 0 radical (unpaired) electrons. The van der Waals surface area contributed by atoms with Gasteiger partial charge in [-0.25, -0.2) is 0 Å². The Kier molecular flexibility index (Phi) is 6.14. The van der Waals surface area contributed by atoms with Crippen molar-refractivity contribution < 1.29 is 0 Å². The maximum atomic E-state index is 3.63. The Morgan fingerprint density at radius 2 is 1.81 bits per heavy atom. The second-order valence-corrected chi connectivity index (χ2v) is 8.20. The number of nitrogens with zero attached hydrogens (tertiary/aromatic N) is 1. The molecule has 2 aliphatic carbocycles. The summed E-state index contributed by atoms with van der Waals surface area (Å²) in [7, 11) is 2.17. The van der Waals surface area contributed by atoms with Gasteiger partial charge in [0.15, 0.2) is 0 Å². The van der Waals surface area contributed by atoms with Gasteiger partial charge in [-0.2, -0.15) is 0 Å². The van der Waals surface area contributed by atoms with Crippen molar-refractivity contribution in [3.8, 4) is 0 Å². The summed E-state index contributed by atoms with van der Waals surface area (Å²) in [6.07, 6.45) is 9.87. The van der Waals surface area contributed by atoms with Gasteiger partial charge in [0.1, 0.15) is 0 Å². The summed E-state index contributed by atoms with van der Waals surface area (Å²) in [5.41, 5.74) is 0.507. The zero-order valence-electron chi connectivity index (χ0n) is 15.1. The molecule has 3 atom stereocenters. The van der Waals surface area contributed by atoms with Crippen LogP contribution in [0.15, 0.2) is 0 Å². The minimum atomic E-state index is 0.507. The fraction of sp³-hybridized carbons (Fsp3) is 1.00. The molecule has 3 unspecified atom stereocenters.